The van der Waals surface area contributed by atoms with Gasteiger partial charge in [-0.3, -0.25) is 4.79 Å². The Labute approximate surface area is 152 Å². The molecule has 1 aliphatic rings. The summed E-state index contributed by atoms with van der Waals surface area (Å²) in [4.78, 5) is 14.5. The third-order valence-corrected chi connectivity index (χ3v) is 5.02. The molecule has 1 amide bonds. The first-order valence-corrected chi connectivity index (χ1v) is 8.97. The summed E-state index contributed by atoms with van der Waals surface area (Å²) in [5, 5.41) is 10.0. The molecule has 5 heteroatoms. The number of piperidine rings is 1. The number of likely N-dealkylation sites (tertiary alicyclic amines) is 1. The van der Waals surface area contributed by atoms with Crippen molar-refractivity contribution in [2.24, 2.45) is 5.92 Å². The Morgan fingerprint density at radius 3 is 2.73 bits per heavy atom. The number of rotatable bonds is 4. The molecule has 0 aromatic heterocycles. The van der Waals surface area contributed by atoms with Crippen LogP contribution in [0.1, 0.15) is 40.7 Å². The Bertz CT molecular complexity index is 807. The van der Waals surface area contributed by atoms with Gasteiger partial charge in [0.15, 0.2) is 11.6 Å². The molecule has 2 aromatic rings. The van der Waals surface area contributed by atoms with Crippen molar-refractivity contribution in [3.63, 3.8) is 0 Å². The minimum atomic E-state index is -0.832. The van der Waals surface area contributed by atoms with Crippen LogP contribution in [-0.4, -0.2) is 29.0 Å². The second-order valence-corrected chi connectivity index (χ2v) is 7.07. The number of amides is 1. The van der Waals surface area contributed by atoms with Crippen LogP contribution in [0.5, 0.6) is 5.75 Å². The first-order chi connectivity index (χ1) is 12.4. The van der Waals surface area contributed by atoms with E-state index >= 15 is 0 Å². The fourth-order valence-corrected chi connectivity index (χ4v) is 3.54. The number of carbonyl (C=O) groups excluding carboxylic acids is 1. The number of phenolic OH excluding ortho intramolecular Hbond substituents is 1. The molecule has 1 fully saturated rings. The van der Waals surface area contributed by atoms with E-state index in [-0.39, 0.29) is 11.7 Å². The maximum atomic E-state index is 13.3. The lowest BCUT2D eigenvalue weighted by Gasteiger charge is -2.33. The number of hydrogen-bond donors (Lipinski definition) is 1. The average Bonchev–Trinajstić information content (AvgIpc) is 2.62. The molecule has 0 aliphatic carbocycles. The van der Waals surface area contributed by atoms with Crippen molar-refractivity contribution in [1.29, 1.82) is 0 Å². The van der Waals surface area contributed by atoms with Crippen LogP contribution >= 0.6 is 0 Å². The Morgan fingerprint density at radius 2 is 2.00 bits per heavy atom. The van der Waals surface area contributed by atoms with Crippen LogP contribution in [0.15, 0.2) is 36.4 Å². The molecule has 1 saturated heterocycles. The van der Waals surface area contributed by atoms with E-state index < -0.39 is 11.6 Å². The maximum Gasteiger partial charge on any atom is 0.257 e. The predicted molar refractivity (Wildman–Crippen MR) is 96.2 cm³/mol. The van der Waals surface area contributed by atoms with Gasteiger partial charge in [-0.25, -0.2) is 8.78 Å². The number of halogens is 2. The number of phenols is 1. The summed E-state index contributed by atoms with van der Waals surface area (Å²) >= 11 is 0. The van der Waals surface area contributed by atoms with Gasteiger partial charge in [-0.1, -0.05) is 12.1 Å². The second-order valence-electron chi connectivity index (χ2n) is 7.07. The van der Waals surface area contributed by atoms with Gasteiger partial charge in [0, 0.05) is 13.1 Å². The number of aryl methyl sites for hydroxylation is 2. The zero-order chi connectivity index (χ0) is 18.7. The molecule has 1 aliphatic heterocycles. The number of benzene rings is 2. The van der Waals surface area contributed by atoms with E-state index in [1.807, 2.05) is 13.0 Å². The highest BCUT2D eigenvalue weighted by atomic mass is 19.2. The first kappa shape index (κ1) is 18.4. The van der Waals surface area contributed by atoms with E-state index in [2.05, 4.69) is 0 Å². The molecule has 3 nitrogen and oxygen atoms in total. The van der Waals surface area contributed by atoms with Crippen LogP contribution in [0.3, 0.4) is 0 Å². The highest BCUT2D eigenvalue weighted by Gasteiger charge is 2.25. The van der Waals surface area contributed by atoms with Gasteiger partial charge in [0.05, 0.1) is 5.56 Å². The minimum Gasteiger partial charge on any atom is -0.507 e. The van der Waals surface area contributed by atoms with E-state index in [0.29, 0.717) is 31.0 Å². The SMILES string of the molecule is Cc1ccc(C(=O)N2CCC[C@@H](CCc3ccc(F)c(F)c3)C2)c(O)c1. The molecule has 2 aromatic carbocycles. The fourth-order valence-electron chi connectivity index (χ4n) is 3.54. The van der Waals surface area contributed by atoms with E-state index in [1.54, 1.807) is 23.1 Å². The van der Waals surface area contributed by atoms with Crippen molar-refractivity contribution in [2.75, 3.05) is 13.1 Å². The predicted octanol–water partition coefficient (Wildman–Crippen LogP) is 4.46. The van der Waals surface area contributed by atoms with E-state index in [4.69, 9.17) is 0 Å². The van der Waals surface area contributed by atoms with Gasteiger partial charge in [-0.2, -0.15) is 0 Å². The van der Waals surface area contributed by atoms with Gasteiger partial charge in [0.2, 0.25) is 0 Å². The Morgan fingerprint density at radius 1 is 1.19 bits per heavy atom. The molecule has 1 atom stereocenters. The molecule has 0 radical (unpaired) electrons. The zero-order valence-electron chi connectivity index (χ0n) is 14.8. The summed E-state index contributed by atoms with van der Waals surface area (Å²) < 4.78 is 26.3. The lowest BCUT2D eigenvalue weighted by molar-refractivity contribution is 0.0665. The molecular weight excluding hydrogens is 336 g/mol. The molecule has 1 N–H and O–H groups in total. The molecule has 0 bridgehead atoms. The number of aromatic hydroxyl groups is 1. The van der Waals surface area contributed by atoms with E-state index in [1.165, 1.54) is 6.07 Å². The average molecular weight is 359 g/mol. The number of carbonyl (C=O) groups is 1. The van der Waals surface area contributed by atoms with Crippen LogP contribution in [-0.2, 0) is 6.42 Å². The molecular formula is C21H23F2NO2. The highest BCUT2D eigenvalue weighted by Crippen LogP contribution is 2.26. The van der Waals surface area contributed by atoms with Crippen LogP contribution in [0, 0.1) is 24.5 Å². The highest BCUT2D eigenvalue weighted by molar-refractivity contribution is 5.97. The van der Waals surface area contributed by atoms with Crippen molar-refractivity contribution >= 4 is 5.91 Å². The maximum absolute atomic E-state index is 13.3. The standard InChI is InChI=1S/C21H23F2NO2/c1-14-4-8-17(20(25)11-14)21(26)24-10-2-3-16(13-24)6-5-15-7-9-18(22)19(23)12-15/h4,7-9,11-12,16,25H,2-3,5-6,10,13H2,1H3/t16-/m0/s1. The summed E-state index contributed by atoms with van der Waals surface area (Å²) in [6.45, 7) is 3.16. The monoisotopic (exact) mass is 359 g/mol. The third kappa shape index (κ3) is 4.21. The van der Waals surface area contributed by atoms with Gasteiger partial charge in [0.25, 0.3) is 5.91 Å². The molecule has 0 saturated carbocycles. The Hall–Kier alpha value is -2.43. The largest absolute Gasteiger partial charge is 0.507 e. The lowest BCUT2D eigenvalue weighted by Crippen LogP contribution is -2.40. The normalized spacial score (nSPS) is 17.3. The fraction of sp³-hybridized carbons (Fsp3) is 0.381. The second kappa shape index (κ2) is 7.85. The number of hydrogen-bond acceptors (Lipinski definition) is 2. The van der Waals surface area contributed by atoms with Crippen LogP contribution < -0.4 is 0 Å². The van der Waals surface area contributed by atoms with Crippen LogP contribution in [0.2, 0.25) is 0 Å². The summed E-state index contributed by atoms with van der Waals surface area (Å²) in [6.07, 6.45) is 3.38. The summed E-state index contributed by atoms with van der Waals surface area (Å²) in [5.74, 6) is -1.48. The Kier molecular flexibility index (Phi) is 5.55. The van der Waals surface area contributed by atoms with Gasteiger partial charge in [-0.05, 0) is 73.9 Å². The van der Waals surface area contributed by atoms with Crippen molar-refractivity contribution in [2.45, 2.75) is 32.6 Å². The smallest absolute Gasteiger partial charge is 0.257 e. The minimum absolute atomic E-state index is 0.0129. The number of nitrogens with zero attached hydrogens (tertiary/aromatic N) is 1. The van der Waals surface area contributed by atoms with Crippen molar-refractivity contribution in [3.8, 4) is 5.75 Å². The molecule has 138 valence electrons. The molecule has 26 heavy (non-hydrogen) atoms. The lowest BCUT2D eigenvalue weighted by atomic mass is 9.91. The first-order valence-electron chi connectivity index (χ1n) is 8.97. The van der Waals surface area contributed by atoms with Crippen molar-refractivity contribution in [1.82, 2.24) is 4.90 Å². The van der Waals surface area contributed by atoms with Gasteiger partial charge >= 0.3 is 0 Å². The summed E-state index contributed by atoms with van der Waals surface area (Å²) in [5.41, 5.74) is 2.00. The van der Waals surface area contributed by atoms with E-state index in [0.717, 1.165) is 36.5 Å². The quantitative estimate of drug-likeness (QED) is 0.875. The van der Waals surface area contributed by atoms with Gasteiger partial charge in [0.1, 0.15) is 5.75 Å². The zero-order valence-corrected chi connectivity index (χ0v) is 14.8. The Balaban J connectivity index is 1.61. The van der Waals surface area contributed by atoms with Crippen LogP contribution in [0.25, 0.3) is 0 Å². The third-order valence-electron chi connectivity index (χ3n) is 5.02. The molecule has 1 heterocycles. The summed E-state index contributed by atoms with van der Waals surface area (Å²) in [6, 6.07) is 9.08. The van der Waals surface area contributed by atoms with E-state index in [9.17, 15) is 18.7 Å². The molecule has 0 spiro atoms. The summed E-state index contributed by atoms with van der Waals surface area (Å²) in [7, 11) is 0. The molecule has 3 rings (SSSR count). The van der Waals surface area contributed by atoms with Crippen LogP contribution in [0.4, 0.5) is 8.78 Å². The van der Waals surface area contributed by atoms with Gasteiger partial charge < -0.3 is 10.0 Å². The van der Waals surface area contributed by atoms with Crippen molar-refractivity contribution in [3.05, 3.63) is 64.7 Å². The topological polar surface area (TPSA) is 40.5 Å². The van der Waals surface area contributed by atoms with Gasteiger partial charge in [-0.15, -0.1) is 0 Å². The molecule has 0 unspecified atom stereocenters. The van der Waals surface area contributed by atoms with Crippen molar-refractivity contribution < 1.29 is 18.7 Å².